The standard InChI is InChI=1S/C19H22N2O3/c1-11(2)9-12(13-7-5-6-8-20-13)15-14-10-19(3,4)16(18(23)24)21(14)17(15)22/h5-9,14,16H,10H2,1-4H3,(H,23,24)/b15-12+/t14?,16-/m0/s1. The minimum atomic E-state index is -0.934. The summed E-state index contributed by atoms with van der Waals surface area (Å²) in [6.45, 7) is 7.78. The van der Waals surface area contributed by atoms with Crippen LogP contribution in [0.25, 0.3) is 5.57 Å². The van der Waals surface area contributed by atoms with Crippen molar-refractivity contribution < 1.29 is 14.7 Å². The average Bonchev–Trinajstić information content (AvgIpc) is 2.75. The van der Waals surface area contributed by atoms with Gasteiger partial charge in [0.05, 0.1) is 11.7 Å². The van der Waals surface area contributed by atoms with E-state index >= 15 is 0 Å². The number of rotatable bonds is 3. The van der Waals surface area contributed by atoms with Crippen LogP contribution in [0.2, 0.25) is 0 Å². The highest BCUT2D eigenvalue weighted by Crippen LogP contribution is 2.50. The van der Waals surface area contributed by atoms with Crippen LogP contribution in [0.4, 0.5) is 0 Å². The van der Waals surface area contributed by atoms with Gasteiger partial charge in [0.15, 0.2) is 0 Å². The molecule has 2 aliphatic rings. The van der Waals surface area contributed by atoms with Crippen LogP contribution in [0.3, 0.4) is 0 Å². The third kappa shape index (κ3) is 2.44. The molecule has 5 heteroatoms. The fourth-order valence-corrected chi connectivity index (χ4v) is 3.83. The van der Waals surface area contributed by atoms with Crippen LogP contribution in [0.15, 0.2) is 41.6 Å². The molecule has 126 valence electrons. The molecule has 2 saturated heterocycles. The Bertz CT molecular complexity index is 758. The van der Waals surface area contributed by atoms with Crippen molar-refractivity contribution in [3.63, 3.8) is 0 Å². The molecular weight excluding hydrogens is 304 g/mol. The Hall–Kier alpha value is -2.43. The minimum absolute atomic E-state index is 0.152. The quantitative estimate of drug-likeness (QED) is 0.685. The summed E-state index contributed by atoms with van der Waals surface area (Å²) in [5.74, 6) is -1.12. The van der Waals surface area contributed by atoms with E-state index in [1.807, 2.05) is 52.0 Å². The number of carbonyl (C=O) groups is 2. The Labute approximate surface area is 141 Å². The van der Waals surface area contributed by atoms with Crippen molar-refractivity contribution in [2.24, 2.45) is 5.41 Å². The number of pyridine rings is 1. The molecule has 2 aliphatic heterocycles. The Morgan fingerprint density at radius 3 is 2.62 bits per heavy atom. The molecule has 1 N–H and O–H groups in total. The molecule has 1 aromatic rings. The van der Waals surface area contributed by atoms with E-state index in [9.17, 15) is 14.7 Å². The molecule has 2 fully saturated rings. The number of carboxylic acid groups (broad SMARTS) is 1. The van der Waals surface area contributed by atoms with Gasteiger partial charge in [-0.2, -0.15) is 0 Å². The molecule has 0 bridgehead atoms. The first-order valence-corrected chi connectivity index (χ1v) is 8.10. The third-order valence-corrected chi connectivity index (χ3v) is 4.77. The summed E-state index contributed by atoms with van der Waals surface area (Å²) in [5, 5.41) is 9.54. The van der Waals surface area contributed by atoms with Gasteiger partial charge in [-0.3, -0.25) is 9.78 Å². The van der Waals surface area contributed by atoms with Gasteiger partial charge < -0.3 is 10.0 Å². The summed E-state index contributed by atoms with van der Waals surface area (Å²) < 4.78 is 0. The summed E-state index contributed by atoms with van der Waals surface area (Å²) in [6.07, 6.45) is 4.32. The van der Waals surface area contributed by atoms with Crippen LogP contribution >= 0.6 is 0 Å². The maximum absolute atomic E-state index is 12.8. The highest BCUT2D eigenvalue weighted by Gasteiger charge is 2.61. The smallest absolute Gasteiger partial charge is 0.327 e. The van der Waals surface area contributed by atoms with Crippen LogP contribution in [0.1, 0.15) is 39.8 Å². The number of carbonyl (C=O) groups excluding carboxylic acids is 1. The van der Waals surface area contributed by atoms with Gasteiger partial charge in [0.2, 0.25) is 0 Å². The molecule has 0 spiro atoms. The van der Waals surface area contributed by atoms with Crippen LogP contribution in [0, 0.1) is 5.41 Å². The number of hydrogen-bond acceptors (Lipinski definition) is 3. The highest BCUT2D eigenvalue weighted by atomic mass is 16.4. The predicted molar refractivity (Wildman–Crippen MR) is 91.0 cm³/mol. The molecule has 0 aromatic carbocycles. The SMILES string of the molecule is CC(C)=C/C(=C1\C(=O)N2C1CC(C)(C)[C@@H]2C(=O)O)c1ccccn1. The van der Waals surface area contributed by atoms with Crippen molar-refractivity contribution in [3.8, 4) is 0 Å². The lowest BCUT2D eigenvalue weighted by Crippen LogP contribution is -2.58. The van der Waals surface area contributed by atoms with Crippen molar-refractivity contribution in [2.45, 2.75) is 46.2 Å². The number of β-lactam (4-membered cyclic amide) rings is 1. The molecule has 24 heavy (non-hydrogen) atoms. The van der Waals surface area contributed by atoms with Gasteiger partial charge in [0.1, 0.15) is 6.04 Å². The largest absolute Gasteiger partial charge is 0.480 e. The van der Waals surface area contributed by atoms with Gasteiger partial charge in [-0.1, -0.05) is 31.6 Å². The van der Waals surface area contributed by atoms with Gasteiger partial charge in [-0.15, -0.1) is 0 Å². The van der Waals surface area contributed by atoms with Crippen LogP contribution in [0.5, 0.6) is 0 Å². The molecule has 3 heterocycles. The predicted octanol–water partition coefficient (Wildman–Crippen LogP) is 2.90. The van der Waals surface area contributed by atoms with Crippen LogP contribution in [-0.2, 0) is 9.59 Å². The molecule has 0 radical (unpaired) electrons. The fraction of sp³-hybridized carbons (Fsp3) is 0.421. The number of hydrogen-bond donors (Lipinski definition) is 1. The maximum atomic E-state index is 12.8. The first-order valence-electron chi connectivity index (χ1n) is 8.10. The van der Waals surface area contributed by atoms with E-state index in [1.165, 1.54) is 4.90 Å². The van der Waals surface area contributed by atoms with E-state index in [-0.39, 0.29) is 11.9 Å². The molecule has 1 aromatic heterocycles. The zero-order valence-corrected chi connectivity index (χ0v) is 14.4. The summed E-state index contributed by atoms with van der Waals surface area (Å²) in [6, 6.07) is 4.69. The number of fused-ring (bicyclic) bond motifs is 1. The summed E-state index contributed by atoms with van der Waals surface area (Å²) in [5.41, 5.74) is 2.86. The zero-order chi connectivity index (χ0) is 17.6. The second-order valence-corrected chi connectivity index (χ2v) is 7.43. The maximum Gasteiger partial charge on any atom is 0.327 e. The second-order valence-electron chi connectivity index (χ2n) is 7.43. The topological polar surface area (TPSA) is 70.5 Å². The number of allylic oxidation sites excluding steroid dienone is 3. The molecule has 5 nitrogen and oxygen atoms in total. The van der Waals surface area contributed by atoms with E-state index in [1.54, 1.807) is 6.20 Å². The molecular formula is C19H22N2O3. The lowest BCUT2D eigenvalue weighted by atomic mass is 9.82. The molecule has 1 unspecified atom stereocenters. The zero-order valence-electron chi connectivity index (χ0n) is 14.4. The number of carboxylic acids is 1. The van der Waals surface area contributed by atoms with Crippen LogP contribution < -0.4 is 0 Å². The Balaban J connectivity index is 2.11. The van der Waals surface area contributed by atoms with E-state index in [2.05, 4.69) is 4.98 Å². The number of aromatic nitrogens is 1. The van der Waals surface area contributed by atoms with Gasteiger partial charge in [-0.05, 0) is 37.8 Å². The summed E-state index contributed by atoms with van der Waals surface area (Å²) >= 11 is 0. The molecule has 0 saturated carbocycles. The van der Waals surface area contributed by atoms with Crippen molar-refractivity contribution in [3.05, 3.63) is 47.3 Å². The number of amides is 1. The first kappa shape index (κ1) is 16.4. The van der Waals surface area contributed by atoms with Gasteiger partial charge >= 0.3 is 5.97 Å². The summed E-state index contributed by atoms with van der Waals surface area (Å²) in [7, 11) is 0. The second kappa shape index (κ2) is 5.58. The normalized spacial score (nSPS) is 26.5. The summed E-state index contributed by atoms with van der Waals surface area (Å²) in [4.78, 5) is 30.3. The Kier molecular flexibility index (Phi) is 3.82. The van der Waals surface area contributed by atoms with Crippen molar-refractivity contribution in [1.29, 1.82) is 0 Å². The molecule has 3 rings (SSSR count). The lowest BCUT2D eigenvalue weighted by molar-refractivity contribution is -0.154. The van der Waals surface area contributed by atoms with Crippen LogP contribution in [-0.4, -0.2) is 39.0 Å². The molecule has 1 amide bonds. The molecule has 2 atom stereocenters. The van der Waals surface area contributed by atoms with Crippen molar-refractivity contribution in [2.75, 3.05) is 0 Å². The lowest BCUT2D eigenvalue weighted by Gasteiger charge is -2.41. The van der Waals surface area contributed by atoms with Gasteiger partial charge in [0, 0.05) is 17.3 Å². The minimum Gasteiger partial charge on any atom is -0.480 e. The van der Waals surface area contributed by atoms with E-state index < -0.39 is 17.4 Å². The van der Waals surface area contributed by atoms with E-state index in [4.69, 9.17) is 0 Å². The number of nitrogens with zero attached hydrogens (tertiary/aromatic N) is 2. The van der Waals surface area contributed by atoms with Gasteiger partial charge in [-0.25, -0.2) is 4.79 Å². The fourth-order valence-electron chi connectivity index (χ4n) is 3.83. The first-order chi connectivity index (χ1) is 11.2. The van der Waals surface area contributed by atoms with Crippen molar-refractivity contribution >= 4 is 17.4 Å². The Morgan fingerprint density at radius 2 is 2.08 bits per heavy atom. The average molecular weight is 326 g/mol. The van der Waals surface area contributed by atoms with Gasteiger partial charge in [0.25, 0.3) is 5.91 Å². The third-order valence-electron chi connectivity index (χ3n) is 4.77. The highest BCUT2D eigenvalue weighted by molar-refractivity contribution is 6.11. The molecule has 0 aliphatic carbocycles. The number of aliphatic carboxylic acids is 1. The monoisotopic (exact) mass is 326 g/mol. The van der Waals surface area contributed by atoms with E-state index in [0.29, 0.717) is 12.0 Å². The Morgan fingerprint density at radius 1 is 1.38 bits per heavy atom. The van der Waals surface area contributed by atoms with Crippen molar-refractivity contribution in [1.82, 2.24) is 9.88 Å². The van der Waals surface area contributed by atoms with E-state index in [0.717, 1.165) is 16.8 Å².